The summed E-state index contributed by atoms with van der Waals surface area (Å²) in [6, 6.07) is 7.42. The molecule has 1 saturated heterocycles. The number of amides is 2. The Balaban J connectivity index is 2.09. The van der Waals surface area contributed by atoms with Crippen molar-refractivity contribution >= 4 is 23.4 Å². The Hall–Kier alpha value is -1.55. The quantitative estimate of drug-likeness (QED) is 0.865. The van der Waals surface area contributed by atoms with Crippen LogP contribution in [0.1, 0.15) is 45.6 Å². The predicted molar refractivity (Wildman–Crippen MR) is 92.1 cm³/mol. The Labute approximate surface area is 143 Å². The van der Waals surface area contributed by atoms with Gasteiger partial charge in [-0.1, -0.05) is 37.6 Å². The molecular formula is C18H25ClN2O2. The molecule has 126 valence electrons. The van der Waals surface area contributed by atoms with Gasteiger partial charge in [0, 0.05) is 24.5 Å². The van der Waals surface area contributed by atoms with Crippen molar-refractivity contribution in [3.05, 3.63) is 34.9 Å². The number of likely N-dealkylation sites (tertiary alicyclic amines) is 1. The van der Waals surface area contributed by atoms with Crippen LogP contribution in [0.5, 0.6) is 0 Å². The van der Waals surface area contributed by atoms with E-state index in [1.54, 1.807) is 11.0 Å². The van der Waals surface area contributed by atoms with Gasteiger partial charge in [0.05, 0.1) is 0 Å². The number of carbonyl (C=O) groups is 2. The van der Waals surface area contributed by atoms with E-state index >= 15 is 0 Å². The fraction of sp³-hybridized carbons (Fsp3) is 0.556. The molecule has 2 amide bonds. The van der Waals surface area contributed by atoms with Gasteiger partial charge in [0.1, 0.15) is 5.54 Å². The lowest BCUT2D eigenvalue weighted by Gasteiger charge is -2.34. The topological polar surface area (TPSA) is 49.4 Å². The maximum absolute atomic E-state index is 12.6. The van der Waals surface area contributed by atoms with Crippen LogP contribution in [0.25, 0.3) is 0 Å². The van der Waals surface area contributed by atoms with Crippen LogP contribution in [0.4, 0.5) is 0 Å². The minimum Gasteiger partial charge on any atom is -0.354 e. The molecule has 0 radical (unpaired) electrons. The Morgan fingerprint density at radius 1 is 1.43 bits per heavy atom. The molecule has 1 N–H and O–H groups in total. The highest BCUT2D eigenvalue weighted by Gasteiger charge is 2.46. The molecule has 1 fully saturated rings. The first kappa shape index (κ1) is 17.8. The van der Waals surface area contributed by atoms with Gasteiger partial charge in [-0.3, -0.25) is 9.59 Å². The van der Waals surface area contributed by atoms with E-state index in [9.17, 15) is 9.59 Å². The number of halogens is 1. The van der Waals surface area contributed by atoms with Crippen LogP contribution in [0.15, 0.2) is 24.3 Å². The second-order valence-corrected chi connectivity index (χ2v) is 7.26. The Morgan fingerprint density at radius 3 is 2.83 bits per heavy atom. The van der Waals surface area contributed by atoms with Gasteiger partial charge in [-0.2, -0.15) is 0 Å². The number of rotatable bonds is 6. The van der Waals surface area contributed by atoms with Crippen molar-refractivity contribution in [3.8, 4) is 0 Å². The smallest absolute Gasteiger partial charge is 0.245 e. The van der Waals surface area contributed by atoms with Gasteiger partial charge in [-0.25, -0.2) is 0 Å². The summed E-state index contributed by atoms with van der Waals surface area (Å²) in [6.45, 7) is 7.16. The van der Waals surface area contributed by atoms with E-state index in [0.29, 0.717) is 36.9 Å². The molecular weight excluding hydrogens is 312 g/mol. The number of benzene rings is 1. The van der Waals surface area contributed by atoms with Crippen molar-refractivity contribution in [2.24, 2.45) is 5.92 Å². The first-order valence-corrected chi connectivity index (χ1v) is 8.54. The largest absolute Gasteiger partial charge is 0.354 e. The molecule has 1 atom stereocenters. The monoisotopic (exact) mass is 336 g/mol. The van der Waals surface area contributed by atoms with Crippen molar-refractivity contribution in [2.45, 2.75) is 52.1 Å². The average molecular weight is 337 g/mol. The zero-order valence-electron chi connectivity index (χ0n) is 14.1. The second kappa shape index (κ2) is 7.35. The van der Waals surface area contributed by atoms with Crippen molar-refractivity contribution < 1.29 is 9.59 Å². The molecule has 23 heavy (non-hydrogen) atoms. The number of nitrogens with one attached hydrogen (secondary N) is 1. The van der Waals surface area contributed by atoms with Gasteiger partial charge in [0.15, 0.2) is 0 Å². The van der Waals surface area contributed by atoms with Gasteiger partial charge in [-0.05, 0) is 43.4 Å². The molecule has 1 aromatic rings. The normalized spacial score (nSPS) is 21.1. The van der Waals surface area contributed by atoms with Crippen molar-refractivity contribution in [2.75, 3.05) is 6.54 Å². The number of carbonyl (C=O) groups excluding carboxylic acids is 2. The number of hydrogen-bond donors (Lipinski definition) is 1. The number of hydrogen-bond acceptors (Lipinski definition) is 2. The predicted octanol–water partition coefficient (Wildman–Crippen LogP) is 3.38. The lowest BCUT2D eigenvalue weighted by molar-refractivity contribution is -0.141. The van der Waals surface area contributed by atoms with Crippen molar-refractivity contribution in [1.29, 1.82) is 0 Å². The summed E-state index contributed by atoms with van der Waals surface area (Å²) in [6.07, 6.45) is 1.90. The summed E-state index contributed by atoms with van der Waals surface area (Å²) in [4.78, 5) is 26.6. The van der Waals surface area contributed by atoms with E-state index in [1.807, 2.05) is 25.1 Å². The highest BCUT2D eigenvalue weighted by Crippen LogP contribution is 2.32. The molecule has 0 unspecified atom stereocenters. The second-order valence-electron chi connectivity index (χ2n) is 6.82. The van der Waals surface area contributed by atoms with Gasteiger partial charge in [-0.15, -0.1) is 0 Å². The zero-order chi connectivity index (χ0) is 17.0. The van der Waals surface area contributed by atoms with E-state index in [1.165, 1.54) is 0 Å². The fourth-order valence-corrected chi connectivity index (χ4v) is 3.09. The highest BCUT2D eigenvalue weighted by atomic mass is 35.5. The molecule has 4 nitrogen and oxygen atoms in total. The first-order chi connectivity index (χ1) is 10.8. The lowest BCUT2D eigenvalue weighted by Crippen LogP contribution is -2.54. The van der Waals surface area contributed by atoms with E-state index in [-0.39, 0.29) is 11.8 Å². The van der Waals surface area contributed by atoms with Crippen LogP contribution in [-0.4, -0.2) is 28.8 Å². The number of nitrogens with zero attached hydrogens (tertiary/aromatic N) is 1. The zero-order valence-corrected chi connectivity index (χ0v) is 14.8. The fourth-order valence-electron chi connectivity index (χ4n) is 2.88. The van der Waals surface area contributed by atoms with Crippen molar-refractivity contribution in [1.82, 2.24) is 10.2 Å². The van der Waals surface area contributed by atoms with Crippen LogP contribution >= 0.6 is 11.6 Å². The Kier molecular flexibility index (Phi) is 5.69. The minimum atomic E-state index is -0.781. The molecule has 1 aliphatic rings. The third kappa shape index (κ3) is 4.25. The molecule has 0 saturated carbocycles. The standard InChI is InChI=1S/C18H25ClN2O2/c1-13(2)8-10-20-17(23)18(3)9-7-16(22)21(18)12-14-5-4-6-15(19)11-14/h4-6,11,13H,7-10,12H2,1-3H3,(H,20,23)/t18-/m1/s1. The summed E-state index contributed by atoms with van der Waals surface area (Å²) < 4.78 is 0. The van der Waals surface area contributed by atoms with Crippen LogP contribution in [-0.2, 0) is 16.1 Å². The van der Waals surface area contributed by atoms with Crippen LogP contribution in [0.2, 0.25) is 5.02 Å². The highest BCUT2D eigenvalue weighted by molar-refractivity contribution is 6.30. The van der Waals surface area contributed by atoms with E-state index in [2.05, 4.69) is 19.2 Å². The minimum absolute atomic E-state index is 0.0199. The van der Waals surface area contributed by atoms with Crippen LogP contribution in [0, 0.1) is 5.92 Å². The SMILES string of the molecule is CC(C)CCNC(=O)[C@@]1(C)CCC(=O)N1Cc1cccc(Cl)c1. The Morgan fingerprint density at radius 2 is 2.17 bits per heavy atom. The third-order valence-electron chi connectivity index (χ3n) is 4.45. The first-order valence-electron chi connectivity index (χ1n) is 8.16. The van der Waals surface area contributed by atoms with Gasteiger partial charge < -0.3 is 10.2 Å². The lowest BCUT2D eigenvalue weighted by atomic mass is 9.96. The molecule has 0 aliphatic carbocycles. The summed E-state index contributed by atoms with van der Waals surface area (Å²) >= 11 is 6.02. The maximum atomic E-state index is 12.6. The molecule has 1 aromatic carbocycles. The molecule has 1 heterocycles. The van der Waals surface area contributed by atoms with E-state index < -0.39 is 5.54 Å². The summed E-state index contributed by atoms with van der Waals surface area (Å²) in [5.74, 6) is 0.494. The molecule has 0 spiro atoms. The maximum Gasteiger partial charge on any atom is 0.245 e. The molecule has 2 rings (SSSR count). The third-order valence-corrected chi connectivity index (χ3v) is 4.68. The molecule has 1 aliphatic heterocycles. The van der Waals surface area contributed by atoms with E-state index in [4.69, 9.17) is 11.6 Å². The average Bonchev–Trinajstić information content (AvgIpc) is 2.76. The van der Waals surface area contributed by atoms with Gasteiger partial charge >= 0.3 is 0 Å². The van der Waals surface area contributed by atoms with Crippen LogP contribution in [0.3, 0.4) is 0 Å². The van der Waals surface area contributed by atoms with E-state index in [0.717, 1.165) is 12.0 Å². The summed E-state index contributed by atoms with van der Waals surface area (Å²) in [5, 5.41) is 3.62. The van der Waals surface area contributed by atoms with Crippen molar-refractivity contribution in [3.63, 3.8) is 0 Å². The van der Waals surface area contributed by atoms with Gasteiger partial charge in [0.2, 0.25) is 11.8 Å². The Bertz CT molecular complexity index is 588. The molecule has 0 aromatic heterocycles. The van der Waals surface area contributed by atoms with Crippen LogP contribution < -0.4 is 5.32 Å². The summed E-state index contributed by atoms with van der Waals surface area (Å²) in [7, 11) is 0. The molecule has 5 heteroatoms. The van der Waals surface area contributed by atoms with Gasteiger partial charge in [0.25, 0.3) is 0 Å². The summed E-state index contributed by atoms with van der Waals surface area (Å²) in [5.41, 5.74) is 0.157. The molecule has 0 bridgehead atoms.